The summed E-state index contributed by atoms with van der Waals surface area (Å²) in [5.41, 5.74) is 3.36. The minimum atomic E-state index is 0.629. The van der Waals surface area contributed by atoms with E-state index >= 15 is 0 Å². The number of ether oxygens (including phenoxy) is 2. The standard InChI is InChI=1S/C15H18N2O2/c1-11-8-13(18-2)5-6-14(11)16-9-12-4-7-15(19-3)17-10-12/h4-8,10,16H,9H2,1-3H3. The Kier molecular flexibility index (Phi) is 4.23. The number of aromatic nitrogens is 1. The van der Waals surface area contributed by atoms with Crippen LogP contribution < -0.4 is 14.8 Å². The van der Waals surface area contributed by atoms with Gasteiger partial charge >= 0.3 is 0 Å². The summed E-state index contributed by atoms with van der Waals surface area (Å²) in [6.45, 7) is 2.78. The summed E-state index contributed by atoms with van der Waals surface area (Å²) in [6.07, 6.45) is 1.81. The maximum Gasteiger partial charge on any atom is 0.212 e. The maximum atomic E-state index is 5.19. The Hall–Kier alpha value is -2.23. The molecule has 0 radical (unpaired) electrons. The van der Waals surface area contributed by atoms with Crippen molar-refractivity contribution in [3.63, 3.8) is 0 Å². The summed E-state index contributed by atoms with van der Waals surface area (Å²) in [5.74, 6) is 1.50. The van der Waals surface area contributed by atoms with Gasteiger partial charge in [0.05, 0.1) is 14.2 Å². The first-order chi connectivity index (χ1) is 9.22. The summed E-state index contributed by atoms with van der Waals surface area (Å²) in [7, 11) is 3.28. The molecule has 0 aliphatic heterocycles. The highest BCUT2D eigenvalue weighted by Crippen LogP contribution is 2.21. The predicted octanol–water partition coefficient (Wildman–Crippen LogP) is 3.02. The van der Waals surface area contributed by atoms with E-state index in [0.717, 1.165) is 29.1 Å². The fraction of sp³-hybridized carbons (Fsp3) is 0.267. The number of pyridine rings is 1. The lowest BCUT2D eigenvalue weighted by atomic mass is 10.2. The van der Waals surface area contributed by atoms with Crippen LogP contribution in [0.3, 0.4) is 0 Å². The smallest absolute Gasteiger partial charge is 0.212 e. The zero-order valence-electron chi connectivity index (χ0n) is 11.4. The van der Waals surface area contributed by atoms with Crippen LogP contribution in [0.15, 0.2) is 36.5 Å². The van der Waals surface area contributed by atoms with Crippen LogP contribution in [0.5, 0.6) is 11.6 Å². The molecule has 1 N–H and O–H groups in total. The molecule has 0 spiro atoms. The fourth-order valence-electron chi connectivity index (χ4n) is 1.80. The van der Waals surface area contributed by atoms with E-state index in [1.165, 1.54) is 0 Å². The Balaban J connectivity index is 2.01. The lowest BCUT2D eigenvalue weighted by Gasteiger charge is -2.11. The van der Waals surface area contributed by atoms with Crippen LogP contribution in [0, 0.1) is 6.92 Å². The van der Waals surface area contributed by atoms with Crippen molar-refractivity contribution in [3.8, 4) is 11.6 Å². The van der Waals surface area contributed by atoms with Gasteiger partial charge in [0.15, 0.2) is 0 Å². The number of benzene rings is 1. The van der Waals surface area contributed by atoms with Crippen molar-refractivity contribution in [2.45, 2.75) is 13.5 Å². The van der Waals surface area contributed by atoms with Crippen molar-refractivity contribution >= 4 is 5.69 Å². The van der Waals surface area contributed by atoms with Crippen molar-refractivity contribution in [2.75, 3.05) is 19.5 Å². The van der Waals surface area contributed by atoms with Crippen molar-refractivity contribution in [1.82, 2.24) is 4.98 Å². The van der Waals surface area contributed by atoms with Crippen molar-refractivity contribution < 1.29 is 9.47 Å². The normalized spacial score (nSPS) is 10.1. The van der Waals surface area contributed by atoms with Gasteiger partial charge < -0.3 is 14.8 Å². The quantitative estimate of drug-likeness (QED) is 0.895. The molecule has 0 atom stereocenters. The first-order valence-corrected chi connectivity index (χ1v) is 6.10. The molecule has 0 amide bonds. The number of nitrogens with zero attached hydrogens (tertiary/aromatic N) is 1. The molecule has 4 heteroatoms. The van der Waals surface area contributed by atoms with Gasteiger partial charge in [-0.2, -0.15) is 0 Å². The molecule has 19 heavy (non-hydrogen) atoms. The average Bonchev–Trinajstić information content (AvgIpc) is 2.46. The van der Waals surface area contributed by atoms with Gasteiger partial charge in [-0.05, 0) is 36.2 Å². The topological polar surface area (TPSA) is 43.4 Å². The number of anilines is 1. The fourth-order valence-corrected chi connectivity index (χ4v) is 1.80. The molecule has 2 aromatic rings. The molecule has 2 rings (SSSR count). The van der Waals surface area contributed by atoms with Gasteiger partial charge in [0.25, 0.3) is 0 Å². The number of rotatable bonds is 5. The van der Waals surface area contributed by atoms with Gasteiger partial charge in [-0.25, -0.2) is 4.98 Å². The zero-order chi connectivity index (χ0) is 13.7. The number of hydrogen-bond donors (Lipinski definition) is 1. The largest absolute Gasteiger partial charge is 0.497 e. The van der Waals surface area contributed by atoms with Crippen molar-refractivity contribution in [1.29, 1.82) is 0 Å². The predicted molar refractivity (Wildman–Crippen MR) is 75.8 cm³/mol. The summed E-state index contributed by atoms with van der Waals surface area (Å²) in [6, 6.07) is 9.83. The number of nitrogens with one attached hydrogen (secondary N) is 1. The van der Waals surface area contributed by atoms with Gasteiger partial charge in [-0.1, -0.05) is 6.07 Å². The first kappa shape index (κ1) is 13.2. The molecule has 100 valence electrons. The van der Waals surface area contributed by atoms with Crippen LogP contribution in [0.25, 0.3) is 0 Å². The van der Waals surface area contributed by atoms with Crippen molar-refractivity contribution in [3.05, 3.63) is 47.7 Å². The second-order valence-electron chi connectivity index (χ2n) is 4.24. The summed E-state index contributed by atoms with van der Waals surface area (Å²) in [5, 5.41) is 3.38. The van der Waals surface area contributed by atoms with Crippen molar-refractivity contribution in [2.24, 2.45) is 0 Å². The molecule has 0 fully saturated rings. The number of hydrogen-bond acceptors (Lipinski definition) is 4. The Morgan fingerprint density at radius 1 is 1.11 bits per heavy atom. The minimum Gasteiger partial charge on any atom is -0.497 e. The van der Waals surface area contributed by atoms with Crippen LogP contribution in [0.4, 0.5) is 5.69 Å². The lowest BCUT2D eigenvalue weighted by Crippen LogP contribution is -2.02. The molecule has 0 aliphatic rings. The Morgan fingerprint density at radius 2 is 1.95 bits per heavy atom. The molecule has 0 unspecified atom stereocenters. The summed E-state index contributed by atoms with van der Waals surface area (Å²) >= 11 is 0. The van der Waals surface area contributed by atoms with E-state index in [1.54, 1.807) is 14.2 Å². The van der Waals surface area contributed by atoms with E-state index in [4.69, 9.17) is 9.47 Å². The minimum absolute atomic E-state index is 0.629. The molecule has 1 aromatic heterocycles. The molecule has 4 nitrogen and oxygen atoms in total. The molecule has 0 bridgehead atoms. The van der Waals surface area contributed by atoms with Crippen LogP contribution in [0.1, 0.15) is 11.1 Å². The molecule has 1 aromatic carbocycles. The maximum absolute atomic E-state index is 5.19. The zero-order valence-corrected chi connectivity index (χ0v) is 11.4. The highest BCUT2D eigenvalue weighted by Gasteiger charge is 2.01. The average molecular weight is 258 g/mol. The molecule has 0 aliphatic carbocycles. The third-order valence-corrected chi connectivity index (χ3v) is 2.92. The third-order valence-electron chi connectivity index (χ3n) is 2.92. The van der Waals surface area contributed by atoms with Gasteiger partial charge in [-0.3, -0.25) is 0 Å². The van der Waals surface area contributed by atoms with E-state index in [0.29, 0.717) is 5.88 Å². The number of aryl methyl sites for hydroxylation is 1. The number of methoxy groups -OCH3 is 2. The molecular weight excluding hydrogens is 240 g/mol. The monoisotopic (exact) mass is 258 g/mol. The van der Waals surface area contributed by atoms with Gasteiger partial charge in [0.1, 0.15) is 5.75 Å². The van der Waals surface area contributed by atoms with Crippen LogP contribution >= 0.6 is 0 Å². The Labute approximate surface area is 113 Å². The SMILES string of the molecule is COc1ccc(NCc2ccc(OC)nc2)c(C)c1. The van der Waals surface area contributed by atoms with E-state index in [9.17, 15) is 0 Å². The first-order valence-electron chi connectivity index (χ1n) is 6.10. The van der Waals surface area contributed by atoms with E-state index in [-0.39, 0.29) is 0 Å². The van der Waals surface area contributed by atoms with Crippen LogP contribution in [0.2, 0.25) is 0 Å². The lowest BCUT2D eigenvalue weighted by molar-refractivity contribution is 0.397. The molecule has 1 heterocycles. The molecule has 0 saturated heterocycles. The van der Waals surface area contributed by atoms with E-state index < -0.39 is 0 Å². The Bertz CT molecular complexity index is 538. The summed E-state index contributed by atoms with van der Waals surface area (Å²) < 4.78 is 10.2. The van der Waals surface area contributed by atoms with Gasteiger partial charge in [-0.15, -0.1) is 0 Å². The Morgan fingerprint density at radius 3 is 2.53 bits per heavy atom. The van der Waals surface area contributed by atoms with Gasteiger partial charge in [0, 0.05) is 24.5 Å². The summed E-state index contributed by atoms with van der Waals surface area (Å²) in [4.78, 5) is 4.18. The van der Waals surface area contributed by atoms with E-state index in [2.05, 4.69) is 17.2 Å². The van der Waals surface area contributed by atoms with Crippen LogP contribution in [-0.4, -0.2) is 19.2 Å². The third kappa shape index (κ3) is 3.37. The van der Waals surface area contributed by atoms with E-state index in [1.807, 2.05) is 36.5 Å². The second-order valence-corrected chi connectivity index (χ2v) is 4.24. The highest BCUT2D eigenvalue weighted by molar-refractivity contribution is 5.53. The molecule has 0 saturated carbocycles. The van der Waals surface area contributed by atoms with Crippen LogP contribution in [-0.2, 0) is 6.54 Å². The van der Waals surface area contributed by atoms with Gasteiger partial charge in [0.2, 0.25) is 5.88 Å². The highest BCUT2D eigenvalue weighted by atomic mass is 16.5. The second kappa shape index (κ2) is 6.09. The molecular formula is C15H18N2O2.